The summed E-state index contributed by atoms with van der Waals surface area (Å²) in [4.78, 5) is 14.5. The number of hydrogen-bond donors (Lipinski definition) is 1. The first-order valence-electron chi connectivity index (χ1n) is 16.4. The third kappa shape index (κ3) is 6.21. The average Bonchev–Trinajstić information content (AvgIpc) is 3.04. The van der Waals surface area contributed by atoms with Gasteiger partial charge in [0.2, 0.25) is 0 Å². The predicted molar refractivity (Wildman–Crippen MR) is 175 cm³/mol. The lowest BCUT2D eigenvalue weighted by Crippen LogP contribution is -2.60. The molecule has 3 fully saturated rings. The van der Waals surface area contributed by atoms with E-state index in [1.807, 2.05) is 43.9 Å². The fourth-order valence-electron chi connectivity index (χ4n) is 7.17. The molecule has 4 heterocycles. The third-order valence-electron chi connectivity index (χ3n) is 9.64. The molecular weight excluding hydrogens is 564 g/mol. The second-order valence-corrected chi connectivity index (χ2v) is 13.8. The Kier molecular flexibility index (Phi) is 8.09. The maximum absolute atomic E-state index is 12.7. The first-order valence-corrected chi connectivity index (χ1v) is 16.4. The quantitative estimate of drug-likeness (QED) is 0.322. The van der Waals surface area contributed by atoms with Crippen LogP contribution in [0.3, 0.4) is 0 Å². The number of rotatable bonds is 5. The predicted octanol–water partition coefficient (Wildman–Crippen LogP) is 7.61. The van der Waals surface area contributed by atoms with Crippen LogP contribution in [0.25, 0.3) is 11.1 Å². The number of hydrogen-bond acceptors (Lipinski definition) is 6. The standard InChI is InChI=1S/C38H44N2O5/c1-37(2,3)45-36(41)40-20-18-38(19-21-40)25-39-35(38)28-14-12-27(13-15-28)34-30-17-16-29(44-33-11-7-8-22-42-33)23-32(30)43-24-31(34)26-9-5-4-6-10-26/h4-6,9-10,12-17,23,33,35,39H,7-8,11,18-22,24-25H2,1-3H3. The van der Waals surface area contributed by atoms with E-state index in [2.05, 4.69) is 59.9 Å². The van der Waals surface area contributed by atoms with Crippen molar-refractivity contribution in [1.82, 2.24) is 10.2 Å². The van der Waals surface area contributed by atoms with Crippen LogP contribution in [0, 0.1) is 5.41 Å². The van der Waals surface area contributed by atoms with Gasteiger partial charge in [0, 0.05) is 54.7 Å². The fourth-order valence-corrected chi connectivity index (χ4v) is 7.17. The van der Waals surface area contributed by atoms with Crippen molar-refractivity contribution >= 4 is 17.2 Å². The van der Waals surface area contributed by atoms with E-state index in [1.165, 1.54) is 22.3 Å². The molecule has 0 saturated carbocycles. The number of benzene rings is 3. The van der Waals surface area contributed by atoms with Crippen LogP contribution in [0.15, 0.2) is 72.8 Å². The Labute approximate surface area is 266 Å². The molecule has 1 spiro atoms. The SMILES string of the molecule is CC(C)(C)OC(=O)N1CCC2(CC1)CNC2c1ccc(C2=C(c3ccccc3)COc3cc(OC4CCCCO4)ccc32)cc1. The van der Waals surface area contributed by atoms with Crippen LogP contribution in [-0.2, 0) is 9.47 Å². The molecular formula is C38H44N2O5. The molecule has 1 N–H and O–H groups in total. The van der Waals surface area contributed by atoms with Gasteiger partial charge in [0.15, 0.2) is 6.29 Å². The van der Waals surface area contributed by atoms with Gasteiger partial charge in [-0.3, -0.25) is 0 Å². The molecule has 3 saturated heterocycles. The van der Waals surface area contributed by atoms with Crippen LogP contribution in [-0.4, -0.2) is 55.7 Å². The summed E-state index contributed by atoms with van der Waals surface area (Å²) >= 11 is 0. The highest BCUT2D eigenvalue weighted by molar-refractivity contribution is 6.01. The number of amides is 1. The highest BCUT2D eigenvalue weighted by atomic mass is 16.7. The zero-order valence-corrected chi connectivity index (χ0v) is 26.6. The van der Waals surface area contributed by atoms with Gasteiger partial charge in [-0.15, -0.1) is 0 Å². The van der Waals surface area contributed by atoms with Crippen molar-refractivity contribution in [3.63, 3.8) is 0 Å². The van der Waals surface area contributed by atoms with Crippen LogP contribution >= 0.6 is 0 Å². The van der Waals surface area contributed by atoms with E-state index >= 15 is 0 Å². The minimum Gasteiger partial charge on any atom is -0.488 e. The van der Waals surface area contributed by atoms with E-state index in [9.17, 15) is 4.79 Å². The molecule has 2 atom stereocenters. The summed E-state index contributed by atoms with van der Waals surface area (Å²) in [5.74, 6) is 1.61. The molecule has 0 bridgehead atoms. The van der Waals surface area contributed by atoms with Gasteiger partial charge in [-0.05, 0) is 80.9 Å². The summed E-state index contributed by atoms with van der Waals surface area (Å²) < 4.78 is 24.0. The third-order valence-corrected chi connectivity index (χ3v) is 9.64. The summed E-state index contributed by atoms with van der Waals surface area (Å²) in [5.41, 5.74) is 6.74. The summed E-state index contributed by atoms with van der Waals surface area (Å²) in [6.45, 7) is 9.43. The lowest BCUT2D eigenvalue weighted by molar-refractivity contribution is -0.105. The Bertz CT molecular complexity index is 1550. The van der Waals surface area contributed by atoms with E-state index in [1.54, 1.807) is 0 Å². The lowest BCUT2D eigenvalue weighted by Gasteiger charge is -2.54. The normalized spacial score (nSPS) is 22.7. The monoisotopic (exact) mass is 608 g/mol. The number of fused-ring (bicyclic) bond motifs is 1. The molecule has 7 nitrogen and oxygen atoms in total. The largest absolute Gasteiger partial charge is 0.488 e. The number of ether oxygens (including phenoxy) is 4. The smallest absolute Gasteiger partial charge is 0.410 e. The van der Waals surface area contributed by atoms with Gasteiger partial charge in [0.05, 0.1) is 6.61 Å². The van der Waals surface area contributed by atoms with Crippen molar-refractivity contribution in [1.29, 1.82) is 0 Å². The van der Waals surface area contributed by atoms with E-state index in [0.717, 1.165) is 81.0 Å². The van der Waals surface area contributed by atoms with E-state index < -0.39 is 5.60 Å². The van der Waals surface area contributed by atoms with E-state index in [4.69, 9.17) is 18.9 Å². The summed E-state index contributed by atoms with van der Waals surface area (Å²) in [6.07, 6.45) is 4.66. The Morgan fingerprint density at radius 1 is 0.956 bits per heavy atom. The average molecular weight is 609 g/mol. The van der Waals surface area contributed by atoms with Gasteiger partial charge >= 0.3 is 6.09 Å². The second-order valence-electron chi connectivity index (χ2n) is 13.8. The zero-order chi connectivity index (χ0) is 31.0. The van der Waals surface area contributed by atoms with Crippen LogP contribution in [0.1, 0.15) is 81.2 Å². The Balaban J connectivity index is 1.13. The van der Waals surface area contributed by atoms with Crippen molar-refractivity contribution in [3.05, 3.63) is 95.1 Å². The molecule has 1 amide bonds. The van der Waals surface area contributed by atoms with Crippen LogP contribution in [0.5, 0.6) is 11.5 Å². The highest BCUT2D eigenvalue weighted by Crippen LogP contribution is 2.49. The number of nitrogens with zero attached hydrogens (tertiary/aromatic N) is 1. The highest BCUT2D eigenvalue weighted by Gasteiger charge is 2.49. The summed E-state index contributed by atoms with van der Waals surface area (Å²) in [6, 6.07) is 26.0. The number of carbonyl (C=O) groups excluding carboxylic acids is 1. The minimum atomic E-state index is -0.477. The van der Waals surface area contributed by atoms with E-state index in [0.29, 0.717) is 6.61 Å². The molecule has 45 heavy (non-hydrogen) atoms. The van der Waals surface area contributed by atoms with Gasteiger partial charge in [-0.25, -0.2) is 4.79 Å². The van der Waals surface area contributed by atoms with Gasteiger partial charge in [-0.2, -0.15) is 0 Å². The first-order chi connectivity index (χ1) is 21.8. The van der Waals surface area contributed by atoms with Gasteiger partial charge < -0.3 is 29.2 Å². The van der Waals surface area contributed by atoms with E-state index in [-0.39, 0.29) is 23.8 Å². The minimum absolute atomic E-state index is 0.165. The van der Waals surface area contributed by atoms with Crippen LogP contribution < -0.4 is 14.8 Å². The molecule has 4 aliphatic heterocycles. The van der Waals surface area contributed by atoms with Crippen molar-refractivity contribution < 1.29 is 23.7 Å². The maximum atomic E-state index is 12.7. The Hall–Kier alpha value is -3.81. The lowest BCUT2D eigenvalue weighted by atomic mass is 9.64. The van der Waals surface area contributed by atoms with Gasteiger partial charge in [0.25, 0.3) is 0 Å². The van der Waals surface area contributed by atoms with Gasteiger partial charge in [0.1, 0.15) is 23.7 Å². The first kappa shape index (κ1) is 29.9. The van der Waals surface area contributed by atoms with Crippen molar-refractivity contribution in [2.24, 2.45) is 5.41 Å². The van der Waals surface area contributed by atoms with Crippen LogP contribution in [0.2, 0.25) is 0 Å². The van der Waals surface area contributed by atoms with Crippen molar-refractivity contribution in [2.75, 3.05) is 32.8 Å². The summed E-state index contributed by atoms with van der Waals surface area (Å²) in [7, 11) is 0. The molecule has 3 aromatic rings. The number of likely N-dealkylation sites (tertiary alicyclic amines) is 1. The number of piperidine rings is 1. The second kappa shape index (κ2) is 12.2. The molecule has 2 unspecified atom stereocenters. The molecule has 0 radical (unpaired) electrons. The molecule has 7 rings (SSSR count). The maximum Gasteiger partial charge on any atom is 0.410 e. The summed E-state index contributed by atoms with van der Waals surface area (Å²) in [5, 5.41) is 3.70. The topological polar surface area (TPSA) is 69.3 Å². The molecule has 0 aromatic heterocycles. The Morgan fingerprint density at radius 2 is 1.73 bits per heavy atom. The zero-order valence-electron chi connectivity index (χ0n) is 26.6. The molecule has 7 heteroatoms. The van der Waals surface area contributed by atoms with Crippen LogP contribution in [0.4, 0.5) is 4.79 Å². The van der Waals surface area contributed by atoms with Crippen molar-refractivity contribution in [2.45, 2.75) is 70.8 Å². The molecule has 4 aliphatic rings. The molecule has 3 aromatic carbocycles. The number of nitrogens with one attached hydrogen (secondary N) is 1. The number of carbonyl (C=O) groups is 1. The molecule has 0 aliphatic carbocycles. The van der Waals surface area contributed by atoms with Crippen molar-refractivity contribution in [3.8, 4) is 11.5 Å². The molecule has 236 valence electrons. The van der Waals surface area contributed by atoms with Gasteiger partial charge in [-0.1, -0.05) is 54.6 Å². The Morgan fingerprint density at radius 3 is 2.40 bits per heavy atom. The fraction of sp³-hybridized carbons (Fsp3) is 0.447.